The first-order valence-corrected chi connectivity index (χ1v) is 4.79. The van der Waals surface area contributed by atoms with Crippen molar-refractivity contribution in [2.75, 3.05) is 6.54 Å². The maximum Gasteiger partial charge on any atom is 0.164 e. The Labute approximate surface area is 85.7 Å². The lowest BCUT2D eigenvalue weighted by Gasteiger charge is -2.16. The summed E-state index contributed by atoms with van der Waals surface area (Å²) in [7, 11) is 0. The minimum atomic E-state index is -1.11. The average molecular weight is 191 g/mol. The topological polar surface area (TPSA) is 32.6 Å². The SMILES string of the molecule is CC(C)(C)C#CC(C)(O)C1=NCC=C1. The fourth-order valence-corrected chi connectivity index (χ4v) is 1.06. The summed E-state index contributed by atoms with van der Waals surface area (Å²) in [6.07, 6.45) is 3.75. The Morgan fingerprint density at radius 1 is 1.29 bits per heavy atom. The van der Waals surface area contributed by atoms with Crippen LogP contribution >= 0.6 is 0 Å². The number of aliphatic imine (C=N–C) groups is 1. The lowest BCUT2D eigenvalue weighted by atomic mass is 9.94. The molecule has 1 N–H and O–H groups in total. The van der Waals surface area contributed by atoms with Crippen LogP contribution in [0.25, 0.3) is 0 Å². The first-order chi connectivity index (χ1) is 6.31. The van der Waals surface area contributed by atoms with Gasteiger partial charge in [-0.05, 0) is 33.8 Å². The van der Waals surface area contributed by atoms with Crippen molar-refractivity contribution in [2.24, 2.45) is 10.4 Å². The van der Waals surface area contributed by atoms with Crippen LogP contribution in [0.4, 0.5) is 0 Å². The predicted molar refractivity (Wildman–Crippen MR) is 59.3 cm³/mol. The van der Waals surface area contributed by atoms with Gasteiger partial charge in [-0.2, -0.15) is 0 Å². The van der Waals surface area contributed by atoms with Crippen LogP contribution in [-0.2, 0) is 0 Å². The first-order valence-electron chi connectivity index (χ1n) is 4.79. The van der Waals surface area contributed by atoms with E-state index in [4.69, 9.17) is 0 Å². The van der Waals surface area contributed by atoms with Gasteiger partial charge in [0.25, 0.3) is 0 Å². The fourth-order valence-electron chi connectivity index (χ4n) is 1.06. The third-order valence-electron chi connectivity index (χ3n) is 1.82. The summed E-state index contributed by atoms with van der Waals surface area (Å²) in [6, 6.07) is 0. The third-order valence-corrected chi connectivity index (χ3v) is 1.82. The molecular weight excluding hydrogens is 174 g/mol. The summed E-state index contributed by atoms with van der Waals surface area (Å²) >= 11 is 0. The van der Waals surface area contributed by atoms with Crippen molar-refractivity contribution in [1.29, 1.82) is 0 Å². The fraction of sp³-hybridized carbons (Fsp3) is 0.583. The number of hydrogen-bond acceptors (Lipinski definition) is 2. The van der Waals surface area contributed by atoms with Crippen molar-refractivity contribution in [1.82, 2.24) is 0 Å². The van der Waals surface area contributed by atoms with E-state index in [-0.39, 0.29) is 5.41 Å². The predicted octanol–water partition coefficient (Wildman–Crippen LogP) is 1.80. The highest BCUT2D eigenvalue weighted by molar-refractivity contribution is 6.04. The van der Waals surface area contributed by atoms with E-state index in [1.54, 1.807) is 6.92 Å². The van der Waals surface area contributed by atoms with Crippen LogP contribution in [0.5, 0.6) is 0 Å². The zero-order chi connectivity index (χ0) is 10.8. The second kappa shape index (κ2) is 3.59. The Bertz CT molecular complexity index is 332. The molecule has 0 bridgehead atoms. The molecule has 1 heterocycles. The van der Waals surface area contributed by atoms with Gasteiger partial charge in [-0.1, -0.05) is 17.9 Å². The summed E-state index contributed by atoms with van der Waals surface area (Å²) < 4.78 is 0. The molecule has 0 aromatic heterocycles. The van der Waals surface area contributed by atoms with Gasteiger partial charge in [0.2, 0.25) is 0 Å². The van der Waals surface area contributed by atoms with E-state index in [1.165, 1.54) is 0 Å². The second-order valence-corrected chi connectivity index (χ2v) is 4.70. The Balaban J connectivity index is 2.84. The van der Waals surface area contributed by atoms with Gasteiger partial charge in [0.15, 0.2) is 5.60 Å². The Kier molecular flexibility index (Phi) is 2.82. The molecule has 1 aliphatic rings. The van der Waals surface area contributed by atoms with Crippen LogP contribution in [0.15, 0.2) is 17.1 Å². The van der Waals surface area contributed by atoms with Crippen molar-refractivity contribution in [3.05, 3.63) is 12.2 Å². The van der Waals surface area contributed by atoms with Gasteiger partial charge in [0.1, 0.15) is 0 Å². The summed E-state index contributed by atoms with van der Waals surface area (Å²) in [5, 5.41) is 10.0. The Morgan fingerprint density at radius 2 is 1.93 bits per heavy atom. The van der Waals surface area contributed by atoms with E-state index in [0.29, 0.717) is 12.3 Å². The molecule has 0 aliphatic carbocycles. The van der Waals surface area contributed by atoms with E-state index in [1.807, 2.05) is 32.9 Å². The molecule has 1 aliphatic heterocycles. The van der Waals surface area contributed by atoms with Crippen LogP contribution < -0.4 is 0 Å². The first kappa shape index (κ1) is 11.0. The molecule has 0 aromatic rings. The van der Waals surface area contributed by atoms with Crippen molar-refractivity contribution in [3.8, 4) is 11.8 Å². The van der Waals surface area contributed by atoms with Crippen molar-refractivity contribution in [2.45, 2.75) is 33.3 Å². The van der Waals surface area contributed by atoms with Crippen LogP contribution in [0, 0.1) is 17.3 Å². The van der Waals surface area contributed by atoms with Crippen LogP contribution in [0.1, 0.15) is 27.7 Å². The van der Waals surface area contributed by atoms with Crippen molar-refractivity contribution >= 4 is 5.71 Å². The highest BCUT2D eigenvalue weighted by Gasteiger charge is 2.24. The number of rotatable bonds is 1. The molecule has 0 radical (unpaired) electrons. The van der Waals surface area contributed by atoms with E-state index in [9.17, 15) is 5.11 Å². The van der Waals surface area contributed by atoms with Gasteiger partial charge in [0, 0.05) is 5.41 Å². The Morgan fingerprint density at radius 3 is 2.36 bits per heavy atom. The molecule has 0 aromatic carbocycles. The number of nitrogens with zero attached hydrogens (tertiary/aromatic N) is 1. The average Bonchev–Trinajstić information content (AvgIpc) is 2.52. The molecule has 2 heteroatoms. The standard InChI is InChI=1S/C12H17NO/c1-11(2,3)7-8-12(4,14)10-6-5-9-13-10/h5-6,14H,9H2,1-4H3. The van der Waals surface area contributed by atoms with Crippen molar-refractivity contribution < 1.29 is 5.11 Å². The quantitative estimate of drug-likeness (QED) is 0.630. The minimum Gasteiger partial charge on any atom is -0.372 e. The zero-order valence-corrected chi connectivity index (χ0v) is 9.26. The molecule has 0 saturated carbocycles. The second-order valence-electron chi connectivity index (χ2n) is 4.70. The summed E-state index contributed by atoms with van der Waals surface area (Å²) in [5.74, 6) is 5.89. The molecule has 76 valence electrons. The normalized spacial score (nSPS) is 19.6. The molecule has 1 rings (SSSR count). The maximum atomic E-state index is 10.0. The van der Waals surface area contributed by atoms with Gasteiger partial charge in [-0.25, -0.2) is 0 Å². The van der Waals surface area contributed by atoms with E-state index in [0.717, 1.165) is 0 Å². The minimum absolute atomic E-state index is 0.0904. The molecular formula is C12H17NO. The largest absolute Gasteiger partial charge is 0.372 e. The van der Waals surface area contributed by atoms with Crippen LogP contribution in [0.3, 0.4) is 0 Å². The maximum absolute atomic E-state index is 10.0. The molecule has 2 nitrogen and oxygen atoms in total. The molecule has 14 heavy (non-hydrogen) atoms. The molecule has 1 atom stereocenters. The molecule has 0 fully saturated rings. The van der Waals surface area contributed by atoms with Gasteiger partial charge in [-0.15, -0.1) is 0 Å². The number of hydrogen-bond donors (Lipinski definition) is 1. The van der Waals surface area contributed by atoms with Gasteiger partial charge in [0.05, 0.1) is 12.3 Å². The highest BCUT2D eigenvalue weighted by atomic mass is 16.3. The highest BCUT2D eigenvalue weighted by Crippen LogP contribution is 2.14. The van der Waals surface area contributed by atoms with Crippen molar-refractivity contribution in [3.63, 3.8) is 0 Å². The zero-order valence-electron chi connectivity index (χ0n) is 9.26. The van der Waals surface area contributed by atoms with Gasteiger partial charge in [-0.3, -0.25) is 4.99 Å². The molecule has 0 amide bonds. The summed E-state index contributed by atoms with van der Waals surface area (Å²) in [6.45, 7) is 8.38. The Hall–Kier alpha value is -1.07. The summed E-state index contributed by atoms with van der Waals surface area (Å²) in [4.78, 5) is 4.16. The van der Waals surface area contributed by atoms with E-state index < -0.39 is 5.60 Å². The molecule has 0 saturated heterocycles. The summed E-state index contributed by atoms with van der Waals surface area (Å²) in [5.41, 5.74) is -0.540. The number of aliphatic hydroxyl groups is 1. The van der Waals surface area contributed by atoms with Crippen LogP contribution in [-0.4, -0.2) is 23.0 Å². The van der Waals surface area contributed by atoms with E-state index >= 15 is 0 Å². The van der Waals surface area contributed by atoms with Gasteiger partial charge >= 0.3 is 0 Å². The monoisotopic (exact) mass is 191 g/mol. The smallest absolute Gasteiger partial charge is 0.164 e. The lowest BCUT2D eigenvalue weighted by Crippen LogP contribution is -2.31. The third kappa shape index (κ3) is 3.01. The van der Waals surface area contributed by atoms with Crippen LogP contribution in [0.2, 0.25) is 0 Å². The lowest BCUT2D eigenvalue weighted by molar-refractivity contribution is 0.195. The van der Waals surface area contributed by atoms with E-state index in [2.05, 4.69) is 16.8 Å². The molecule has 1 unspecified atom stereocenters. The van der Waals surface area contributed by atoms with Gasteiger partial charge < -0.3 is 5.11 Å². The molecule has 0 spiro atoms.